The van der Waals surface area contributed by atoms with Crippen molar-refractivity contribution in [2.75, 3.05) is 13.1 Å². The molecule has 3 N–H and O–H groups in total. The average molecular weight is 255 g/mol. The van der Waals surface area contributed by atoms with Crippen LogP contribution in [0.15, 0.2) is 22.7 Å². The molecule has 1 aromatic carbocycles. The molecule has 0 fully saturated rings. The number of hydrogen-bond acceptors (Lipinski definition) is 2. The summed E-state index contributed by atoms with van der Waals surface area (Å²) in [5.41, 5.74) is 8.40. The zero-order valence-electron chi connectivity index (χ0n) is 8.09. The van der Waals surface area contributed by atoms with Gasteiger partial charge in [0.05, 0.1) is 0 Å². The highest BCUT2D eigenvalue weighted by Crippen LogP contribution is 2.32. The molecule has 0 spiro atoms. The third kappa shape index (κ3) is 2.00. The number of hydrogen-bond donors (Lipinski definition) is 2. The molecule has 1 unspecified atom stereocenters. The lowest BCUT2D eigenvalue weighted by Gasteiger charge is -2.13. The second-order valence-electron chi connectivity index (χ2n) is 3.68. The predicted octanol–water partition coefficient (Wildman–Crippen LogP) is 1.98. The van der Waals surface area contributed by atoms with E-state index >= 15 is 0 Å². The van der Waals surface area contributed by atoms with Crippen LogP contribution in [0.2, 0.25) is 0 Å². The first-order valence-corrected chi connectivity index (χ1v) is 5.82. The zero-order chi connectivity index (χ0) is 9.97. The standard InChI is InChI=1S/C11H15BrN2/c12-9-3-1-8-2-4-11(10(8)7-9)14-6-5-13/h1,3,7,11,14H,2,4-6,13H2. The molecule has 2 nitrogen and oxygen atoms in total. The predicted molar refractivity (Wildman–Crippen MR) is 62.3 cm³/mol. The van der Waals surface area contributed by atoms with Crippen molar-refractivity contribution in [3.63, 3.8) is 0 Å². The molecular weight excluding hydrogens is 240 g/mol. The van der Waals surface area contributed by atoms with Gasteiger partial charge in [-0.05, 0) is 36.1 Å². The van der Waals surface area contributed by atoms with Crippen LogP contribution in [-0.4, -0.2) is 13.1 Å². The highest BCUT2D eigenvalue weighted by atomic mass is 79.9. The van der Waals surface area contributed by atoms with E-state index < -0.39 is 0 Å². The summed E-state index contributed by atoms with van der Waals surface area (Å²) in [4.78, 5) is 0. The Labute approximate surface area is 93.0 Å². The van der Waals surface area contributed by atoms with Crippen LogP contribution in [0.25, 0.3) is 0 Å². The van der Waals surface area contributed by atoms with Crippen LogP contribution in [-0.2, 0) is 6.42 Å². The molecule has 14 heavy (non-hydrogen) atoms. The number of benzene rings is 1. The minimum Gasteiger partial charge on any atom is -0.329 e. The zero-order valence-corrected chi connectivity index (χ0v) is 9.68. The number of aryl methyl sites for hydroxylation is 1. The summed E-state index contributed by atoms with van der Waals surface area (Å²) in [7, 11) is 0. The van der Waals surface area contributed by atoms with E-state index in [4.69, 9.17) is 5.73 Å². The maximum atomic E-state index is 5.48. The normalized spacial score (nSPS) is 19.7. The summed E-state index contributed by atoms with van der Waals surface area (Å²) < 4.78 is 1.16. The first-order chi connectivity index (χ1) is 6.81. The Morgan fingerprint density at radius 2 is 2.36 bits per heavy atom. The van der Waals surface area contributed by atoms with Gasteiger partial charge in [0.15, 0.2) is 0 Å². The summed E-state index contributed by atoms with van der Waals surface area (Å²) >= 11 is 3.51. The van der Waals surface area contributed by atoms with E-state index in [0.717, 1.165) is 11.0 Å². The molecule has 1 atom stereocenters. The van der Waals surface area contributed by atoms with Crippen LogP contribution in [0.4, 0.5) is 0 Å². The van der Waals surface area contributed by atoms with Crippen molar-refractivity contribution in [2.45, 2.75) is 18.9 Å². The summed E-state index contributed by atoms with van der Waals surface area (Å²) in [6.45, 7) is 1.61. The lowest BCUT2D eigenvalue weighted by molar-refractivity contribution is 0.538. The van der Waals surface area contributed by atoms with Gasteiger partial charge < -0.3 is 11.1 Å². The smallest absolute Gasteiger partial charge is 0.0327 e. The van der Waals surface area contributed by atoms with Gasteiger partial charge in [0.1, 0.15) is 0 Å². The molecule has 1 aromatic rings. The third-order valence-electron chi connectivity index (χ3n) is 2.72. The van der Waals surface area contributed by atoms with E-state index in [9.17, 15) is 0 Å². The molecule has 0 aliphatic heterocycles. The molecule has 1 aliphatic carbocycles. The van der Waals surface area contributed by atoms with E-state index in [1.807, 2.05) is 0 Å². The Balaban J connectivity index is 2.16. The van der Waals surface area contributed by atoms with Crippen molar-refractivity contribution < 1.29 is 0 Å². The third-order valence-corrected chi connectivity index (χ3v) is 3.21. The van der Waals surface area contributed by atoms with E-state index in [0.29, 0.717) is 12.6 Å². The summed E-state index contributed by atoms with van der Waals surface area (Å²) in [6.07, 6.45) is 2.39. The lowest BCUT2D eigenvalue weighted by atomic mass is 10.1. The number of nitrogens with two attached hydrogens (primary N) is 1. The Morgan fingerprint density at radius 1 is 1.50 bits per heavy atom. The Hall–Kier alpha value is -0.380. The number of nitrogens with one attached hydrogen (secondary N) is 1. The molecule has 2 rings (SSSR count). The molecular formula is C11H15BrN2. The van der Waals surface area contributed by atoms with Crippen molar-refractivity contribution in [1.82, 2.24) is 5.32 Å². The van der Waals surface area contributed by atoms with Crippen LogP contribution in [0.3, 0.4) is 0 Å². The molecule has 3 heteroatoms. The van der Waals surface area contributed by atoms with Gasteiger partial charge in [-0.25, -0.2) is 0 Å². The van der Waals surface area contributed by atoms with Crippen LogP contribution in [0, 0.1) is 0 Å². The van der Waals surface area contributed by atoms with Crippen LogP contribution in [0.5, 0.6) is 0 Å². The molecule has 0 saturated carbocycles. The van der Waals surface area contributed by atoms with Gasteiger partial charge in [-0.15, -0.1) is 0 Å². The monoisotopic (exact) mass is 254 g/mol. The van der Waals surface area contributed by atoms with Gasteiger partial charge in [-0.3, -0.25) is 0 Å². The van der Waals surface area contributed by atoms with E-state index in [-0.39, 0.29) is 0 Å². The first-order valence-electron chi connectivity index (χ1n) is 5.03. The second-order valence-corrected chi connectivity index (χ2v) is 4.59. The van der Waals surface area contributed by atoms with Gasteiger partial charge in [-0.1, -0.05) is 22.0 Å². The molecule has 0 aromatic heterocycles. The molecule has 76 valence electrons. The van der Waals surface area contributed by atoms with Crippen molar-refractivity contribution in [1.29, 1.82) is 0 Å². The molecule has 1 aliphatic rings. The van der Waals surface area contributed by atoms with Gasteiger partial charge >= 0.3 is 0 Å². The van der Waals surface area contributed by atoms with Crippen LogP contribution >= 0.6 is 15.9 Å². The second kappa shape index (κ2) is 4.43. The fourth-order valence-electron chi connectivity index (χ4n) is 2.04. The van der Waals surface area contributed by atoms with Gasteiger partial charge in [0, 0.05) is 23.6 Å². The van der Waals surface area contributed by atoms with E-state index in [1.54, 1.807) is 0 Å². The van der Waals surface area contributed by atoms with Crippen molar-refractivity contribution >= 4 is 15.9 Å². The van der Waals surface area contributed by atoms with Gasteiger partial charge in [-0.2, -0.15) is 0 Å². The Kier molecular flexibility index (Phi) is 3.21. The minimum atomic E-state index is 0.506. The first kappa shape index (κ1) is 10.1. The maximum Gasteiger partial charge on any atom is 0.0327 e. The maximum absolute atomic E-state index is 5.48. The molecule has 0 radical (unpaired) electrons. The van der Waals surface area contributed by atoms with Crippen molar-refractivity contribution in [3.05, 3.63) is 33.8 Å². The molecule has 0 amide bonds. The summed E-state index contributed by atoms with van der Waals surface area (Å²) in [5.74, 6) is 0. The highest BCUT2D eigenvalue weighted by Gasteiger charge is 2.21. The largest absolute Gasteiger partial charge is 0.329 e. The lowest BCUT2D eigenvalue weighted by Crippen LogP contribution is -2.25. The fourth-order valence-corrected chi connectivity index (χ4v) is 2.42. The topological polar surface area (TPSA) is 38.0 Å². The number of halogens is 1. The Bertz CT molecular complexity index is 325. The number of rotatable bonds is 3. The fraction of sp³-hybridized carbons (Fsp3) is 0.455. The van der Waals surface area contributed by atoms with Gasteiger partial charge in [0.2, 0.25) is 0 Å². The van der Waals surface area contributed by atoms with Crippen molar-refractivity contribution in [2.24, 2.45) is 5.73 Å². The quantitative estimate of drug-likeness (QED) is 0.866. The SMILES string of the molecule is NCCNC1CCc2ccc(Br)cc21. The van der Waals surface area contributed by atoms with Crippen LogP contribution < -0.4 is 11.1 Å². The van der Waals surface area contributed by atoms with E-state index in [1.165, 1.54) is 24.0 Å². The average Bonchev–Trinajstić information content (AvgIpc) is 2.57. The van der Waals surface area contributed by atoms with Crippen molar-refractivity contribution in [3.8, 4) is 0 Å². The molecule has 0 saturated heterocycles. The summed E-state index contributed by atoms with van der Waals surface area (Å²) in [5, 5.41) is 3.47. The molecule has 0 heterocycles. The minimum absolute atomic E-state index is 0.506. The molecule has 0 bridgehead atoms. The highest BCUT2D eigenvalue weighted by molar-refractivity contribution is 9.10. The summed E-state index contributed by atoms with van der Waals surface area (Å²) in [6, 6.07) is 7.05. The van der Waals surface area contributed by atoms with Crippen LogP contribution in [0.1, 0.15) is 23.6 Å². The number of fused-ring (bicyclic) bond motifs is 1. The van der Waals surface area contributed by atoms with E-state index in [2.05, 4.69) is 39.4 Å². The van der Waals surface area contributed by atoms with Gasteiger partial charge in [0.25, 0.3) is 0 Å². The Morgan fingerprint density at radius 3 is 3.14 bits per heavy atom.